The van der Waals surface area contributed by atoms with Crippen molar-refractivity contribution >= 4 is 0 Å². The summed E-state index contributed by atoms with van der Waals surface area (Å²) < 4.78 is 0. The topological polar surface area (TPSA) is 12.0 Å². The third-order valence-corrected chi connectivity index (χ3v) is 3.34. The van der Waals surface area contributed by atoms with Crippen molar-refractivity contribution in [3.63, 3.8) is 0 Å². The Labute approximate surface area is 110 Å². The second kappa shape index (κ2) is 11.1. The molecule has 1 nitrogen and oxygen atoms in total. The second-order valence-corrected chi connectivity index (χ2v) is 6.26. The lowest BCUT2D eigenvalue weighted by atomic mass is 9.91. The van der Waals surface area contributed by atoms with E-state index in [9.17, 15) is 0 Å². The van der Waals surface area contributed by atoms with Crippen LogP contribution in [0.1, 0.15) is 79.6 Å². The van der Waals surface area contributed by atoms with Gasteiger partial charge in [0, 0.05) is 6.04 Å². The van der Waals surface area contributed by atoms with Crippen LogP contribution in [-0.2, 0) is 0 Å². The summed E-state index contributed by atoms with van der Waals surface area (Å²) in [6, 6.07) is 0.629. The largest absolute Gasteiger partial charge is 0.314 e. The van der Waals surface area contributed by atoms with Crippen molar-refractivity contribution in [1.82, 2.24) is 5.32 Å². The number of nitrogens with one attached hydrogen (secondary N) is 1. The Morgan fingerprint density at radius 2 is 1.53 bits per heavy atom. The number of unbranched alkanes of at least 4 members (excludes halogenated alkanes) is 4. The molecule has 0 saturated heterocycles. The van der Waals surface area contributed by atoms with Gasteiger partial charge in [-0.1, -0.05) is 66.7 Å². The van der Waals surface area contributed by atoms with E-state index in [0.29, 0.717) is 6.04 Å². The van der Waals surface area contributed by atoms with Crippen LogP contribution in [0.4, 0.5) is 0 Å². The fourth-order valence-electron chi connectivity index (χ4n) is 2.41. The molecule has 0 aromatic heterocycles. The quantitative estimate of drug-likeness (QED) is 0.502. The number of rotatable bonds is 11. The minimum atomic E-state index is 0.629. The van der Waals surface area contributed by atoms with E-state index in [-0.39, 0.29) is 0 Å². The molecule has 1 unspecified atom stereocenters. The lowest BCUT2D eigenvalue weighted by Crippen LogP contribution is -2.29. The Hall–Kier alpha value is -0.0400. The van der Waals surface area contributed by atoms with Crippen LogP contribution in [0.25, 0.3) is 0 Å². The van der Waals surface area contributed by atoms with Gasteiger partial charge < -0.3 is 5.32 Å². The number of hydrogen-bond acceptors (Lipinski definition) is 1. The molecule has 1 heteroatoms. The maximum absolute atomic E-state index is 3.60. The van der Waals surface area contributed by atoms with Gasteiger partial charge in [-0.25, -0.2) is 0 Å². The maximum atomic E-state index is 3.60. The molecule has 0 spiro atoms. The summed E-state index contributed by atoms with van der Waals surface area (Å²) in [5, 5.41) is 3.60. The van der Waals surface area contributed by atoms with Crippen molar-refractivity contribution in [3.8, 4) is 0 Å². The maximum Gasteiger partial charge on any atom is 0.00104 e. The van der Waals surface area contributed by atoms with Gasteiger partial charge in [-0.2, -0.15) is 0 Å². The van der Waals surface area contributed by atoms with E-state index in [2.05, 4.69) is 39.9 Å². The molecule has 1 N–H and O–H groups in total. The van der Waals surface area contributed by atoms with Crippen molar-refractivity contribution in [2.45, 2.75) is 85.6 Å². The molecule has 0 aromatic rings. The molecule has 0 radical (unpaired) electrons. The molecule has 0 aromatic carbocycles. The summed E-state index contributed by atoms with van der Waals surface area (Å²) in [6.07, 6.45) is 9.86. The Balaban J connectivity index is 3.69. The first-order chi connectivity index (χ1) is 8.06. The molecule has 0 aliphatic heterocycles. The van der Waals surface area contributed by atoms with Crippen molar-refractivity contribution in [2.75, 3.05) is 6.54 Å². The van der Waals surface area contributed by atoms with Gasteiger partial charge in [-0.15, -0.1) is 0 Å². The summed E-state index contributed by atoms with van der Waals surface area (Å²) >= 11 is 0. The van der Waals surface area contributed by atoms with E-state index < -0.39 is 0 Å². The lowest BCUT2D eigenvalue weighted by Gasteiger charge is -2.21. The van der Waals surface area contributed by atoms with Crippen LogP contribution in [0, 0.1) is 11.8 Å². The first-order valence-corrected chi connectivity index (χ1v) is 7.79. The molecule has 0 aliphatic carbocycles. The van der Waals surface area contributed by atoms with Crippen LogP contribution in [-0.4, -0.2) is 12.6 Å². The Kier molecular flexibility index (Phi) is 11.0. The summed E-state index contributed by atoms with van der Waals surface area (Å²) in [5.74, 6) is 1.73. The molecule has 0 bridgehead atoms. The monoisotopic (exact) mass is 241 g/mol. The van der Waals surface area contributed by atoms with Crippen molar-refractivity contribution in [1.29, 1.82) is 0 Å². The predicted octanol–water partition coefficient (Wildman–Crippen LogP) is 5.01. The third kappa shape index (κ3) is 12.2. The van der Waals surface area contributed by atoms with Crippen molar-refractivity contribution < 1.29 is 0 Å². The van der Waals surface area contributed by atoms with Crippen LogP contribution >= 0.6 is 0 Å². The van der Waals surface area contributed by atoms with E-state index in [0.717, 1.165) is 11.8 Å². The zero-order chi connectivity index (χ0) is 13.1. The van der Waals surface area contributed by atoms with Crippen LogP contribution in [0.15, 0.2) is 0 Å². The molecule has 0 saturated carbocycles. The van der Waals surface area contributed by atoms with E-state index >= 15 is 0 Å². The molecule has 0 amide bonds. The fourth-order valence-corrected chi connectivity index (χ4v) is 2.41. The molecule has 0 fully saturated rings. The average molecular weight is 241 g/mol. The minimum absolute atomic E-state index is 0.629. The van der Waals surface area contributed by atoms with E-state index in [1.165, 1.54) is 51.5 Å². The van der Waals surface area contributed by atoms with Gasteiger partial charge >= 0.3 is 0 Å². The van der Waals surface area contributed by atoms with E-state index in [4.69, 9.17) is 0 Å². The lowest BCUT2D eigenvalue weighted by molar-refractivity contribution is 0.344. The fraction of sp³-hybridized carbons (Fsp3) is 1.00. The molecular formula is C16H35N. The molecule has 0 rings (SSSR count). The highest BCUT2D eigenvalue weighted by atomic mass is 14.9. The molecule has 0 aliphatic rings. The Morgan fingerprint density at radius 3 is 2.06 bits per heavy atom. The zero-order valence-electron chi connectivity index (χ0n) is 12.9. The van der Waals surface area contributed by atoms with Gasteiger partial charge in [0.25, 0.3) is 0 Å². The second-order valence-electron chi connectivity index (χ2n) is 6.26. The minimum Gasteiger partial charge on any atom is -0.314 e. The predicted molar refractivity (Wildman–Crippen MR) is 79.5 cm³/mol. The third-order valence-electron chi connectivity index (χ3n) is 3.34. The van der Waals surface area contributed by atoms with E-state index in [1.807, 2.05) is 0 Å². The van der Waals surface area contributed by atoms with Crippen LogP contribution in [0.3, 0.4) is 0 Å². The smallest absolute Gasteiger partial charge is 0.00104 e. The Morgan fingerprint density at radius 1 is 0.882 bits per heavy atom. The SMILES string of the molecule is CCCCCCCC(CNC(C)C)CC(C)C. The van der Waals surface area contributed by atoms with Crippen LogP contribution in [0.5, 0.6) is 0 Å². The highest BCUT2D eigenvalue weighted by Gasteiger charge is 2.11. The summed E-state index contributed by atoms with van der Waals surface area (Å²) in [4.78, 5) is 0. The van der Waals surface area contributed by atoms with Gasteiger partial charge in [-0.05, 0) is 31.2 Å². The van der Waals surface area contributed by atoms with Gasteiger partial charge in [-0.3, -0.25) is 0 Å². The summed E-state index contributed by atoms with van der Waals surface area (Å²) in [6.45, 7) is 12.7. The first-order valence-electron chi connectivity index (χ1n) is 7.79. The molecule has 0 heterocycles. The summed E-state index contributed by atoms with van der Waals surface area (Å²) in [5.41, 5.74) is 0. The van der Waals surface area contributed by atoms with E-state index in [1.54, 1.807) is 0 Å². The zero-order valence-corrected chi connectivity index (χ0v) is 12.9. The molecule has 104 valence electrons. The number of hydrogen-bond donors (Lipinski definition) is 1. The highest BCUT2D eigenvalue weighted by molar-refractivity contribution is 4.66. The standard InChI is InChI=1S/C16H35N/c1-6-7-8-9-10-11-16(12-14(2)3)13-17-15(4)5/h14-17H,6-13H2,1-5H3. The first kappa shape index (κ1) is 17.0. The molecule has 17 heavy (non-hydrogen) atoms. The molecular weight excluding hydrogens is 206 g/mol. The van der Waals surface area contributed by atoms with Gasteiger partial charge in [0.05, 0.1) is 0 Å². The van der Waals surface area contributed by atoms with Crippen molar-refractivity contribution in [2.24, 2.45) is 11.8 Å². The van der Waals surface area contributed by atoms with Crippen LogP contribution < -0.4 is 5.32 Å². The van der Waals surface area contributed by atoms with Gasteiger partial charge in [0.15, 0.2) is 0 Å². The summed E-state index contributed by atoms with van der Waals surface area (Å²) in [7, 11) is 0. The molecule has 1 atom stereocenters. The van der Waals surface area contributed by atoms with Gasteiger partial charge in [0.1, 0.15) is 0 Å². The van der Waals surface area contributed by atoms with Crippen molar-refractivity contribution in [3.05, 3.63) is 0 Å². The Bertz CT molecular complexity index is 152. The highest BCUT2D eigenvalue weighted by Crippen LogP contribution is 2.18. The van der Waals surface area contributed by atoms with Gasteiger partial charge in [0.2, 0.25) is 0 Å². The average Bonchev–Trinajstić information content (AvgIpc) is 2.24. The normalized spacial score (nSPS) is 13.6. The van der Waals surface area contributed by atoms with Crippen LogP contribution in [0.2, 0.25) is 0 Å².